The van der Waals surface area contributed by atoms with Crippen molar-refractivity contribution in [2.75, 3.05) is 13.7 Å². The van der Waals surface area contributed by atoms with Crippen molar-refractivity contribution in [3.63, 3.8) is 0 Å². The maximum absolute atomic E-state index is 11.8. The van der Waals surface area contributed by atoms with E-state index in [1.54, 1.807) is 7.11 Å². The maximum atomic E-state index is 11.8. The first-order valence-electron chi connectivity index (χ1n) is 6.68. The Balaban J connectivity index is 2.50. The van der Waals surface area contributed by atoms with Gasteiger partial charge in [-0.05, 0) is 32.6 Å². The van der Waals surface area contributed by atoms with Gasteiger partial charge in [-0.3, -0.25) is 10.1 Å². The molecule has 0 aliphatic heterocycles. The van der Waals surface area contributed by atoms with E-state index in [9.17, 15) is 4.79 Å². The number of carbonyl (C=O) groups excluding carboxylic acids is 1. The number of hydrogen-bond acceptors (Lipinski definition) is 4. The van der Waals surface area contributed by atoms with Gasteiger partial charge in [0.2, 0.25) is 0 Å². The summed E-state index contributed by atoms with van der Waals surface area (Å²) in [5.74, 6) is -0.129. The molecule has 0 heterocycles. The lowest BCUT2D eigenvalue weighted by molar-refractivity contribution is -0.146. The second kappa shape index (κ2) is 7.67. The van der Waals surface area contributed by atoms with Gasteiger partial charge in [-0.2, -0.15) is 0 Å². The fourth-order valence-electron chi connectivity index (χ4n) is 2.46. The summed E-state index contributed by atoms with van der Waals surface area (Å²) in [5, 5.41) is 3.40. The minimum absolute atomic E-state index is 0.129. The molecule has 1 N–H and O–H groups in total. The van der Waals surface area contributed by atoms with Crippen molar-refractivity contribution in [2.45, 2.75) is 64.1 Å². The fourth-order valence-corrected chi connectivity index (χ4v) is 2.46. The number of esters is 1. The van der Waals surface area contributed by atoms with Crippen molar-refractivity contribution < 1.29 is 14.3 Å². The molecule has 1 aliphatic rings. The van der Waals surface area contributed by atoms with Gasteiger partial charge in [0.05, 0.1) is 12.7 Å². The first-order chi connectivity index (χ1) is 8.22. The Kier molecular flexibility index (Phi) is 6.52. The predicted octanol–water partition coefficient (Wildman–Crippen LogP) is 1.88. The highest BCUT2D eigenvalue weighted by Crippen LogP contribution is 2.22. The van der Waals surface area contributed by atoms with E-state index in [4.69, 9.17) is 9.47 Å². The van der Waals surface area contributed by atoms with E-state index in [0.717, 1.165) is 32.1 Å². The summed E-state index contributed by atoms with van der Waals surface area (Å²) in [5.41, 5.74) is 0. The van der Waals surface area contributed by atoms with Gasteiger partial charge in [0.15, 0.2) is 0 Å². The zero-order chi connectivity index (χ0) is 12.7. The van der Waals surface area contributed by atoms with Crippen LogP contribution in [-0.2, 0) is 14.3 Å². The van der Waals surface area contributed by atoms with Gasteiger partial charge >= 0.3 is 5.97 Å². The van der Waals surface area contributed by atoms with Gasteiger partial charge in [-0.25, -0.2) is 0 Å². The summed E-state index contributed by atoms with van der Waals surface area (Å²) in [4.78, 5) is 11.8. The highest BCUT2D eigenvalue weighted by Gasteiger charge is 2.31. The third kappa shape index (κ3) is 4.28. The highest BCUT2D eigenvalue weighted by atomic mass is 16.5. The van der Waals surface area contributed by atoms with Crippen molar-refractivity contribution in [3.05, 3.63) is 0 Å². The minimum atomic E-state index is -0.180. The Morgan fingerprint density at radius 3 is 2.76 bits per heavy atom. The van der Waals surface area contributed by atoms with Gasteiger partial charge in [0.1, 0.15) is 6.04 Å². The molecule has 0 aromatic heterocycles. The lowest BCUT2D eigenvalue weighted by Gasteiger charge is -2.25. The van der Waals surface area contributed by atoms with E-state index >= 15 is 0 Å². The fraction of sp³-hybridized carbons (Fsp3) is 0.923. The average Bonchev–Trinajstić information content (AvgIpc) is 2.76. The topological polar surface area (TPSA) is 47.6 Å². The first-order valence-corrected chi connectivity index (χ1v) is 6.68. The molecule has 0 aromatic rings. The number of hydrogen-bond donors (Lipinski definition) is 1. The van der Waals surface area contributed by atoms with Crippen molar-refractivity contribution >= 4 is 5.97 Å². The maximum Gasteiger partial charge on any atom is 0.323 e. The molecule has 1 fully saturated rings. The van der Waals surface area contributed by atoms with Gasteiger partial charge in [-0.15, -0.1) is 0 Å². The van der Waals surface area contributed by atoms with Crippen LogP contribution in [0, 0.1) is 0 Å². The molecule has 0 saturated heterocycles. The molecule has 3 atom stereocenters. The van der Waals surface area contributed by atoms with Crippen LogP contribution in [-0.4, -0.2) is 37.9 Å². The van der Waals surface area contributed by atoms with Crippen LogP contribution in [0.25, 0.3) is 0 Å². The summed E-state index contributed by atoms with van der Waals surface area (Å²) in [7, 11) is 1.74. The molecule has 1 saturated carbocycles. The molecule has 3 unspecified atom stereocenters. The average molecular weight is 243 g/mol. The van der Waals surface area contributed by atoms with Crippen LogP contribution in [0.3, 0.4) is 0 Å². The predicted molar refractivity (Wildman–Crippen MR) is 66.9 cm³/mol. The van der Waals surface area contributed by atoms with Crippen molar-refractivity contribution in [1.82, 2.24) is 5.32 Å². The SMILES string of the molecule is CCCC(NC1CCCC1OC)C(=O)OCC. The van der Waals surface area contributed by atoms with E-state index in [1.807, 2.05) is 6.92 Å². The Hall–Kier alpha value is -0.610. The smallest absolute Gasteiger partial charge is 0.323 e. The number of rotatable bonds is 7. The van der Waals surface area contributed by atoms with E-state index in [-0.39, 0.29) is 18.1 Å². The molecule has 0 bridgehead atoms. The molecule has 0 radical (unpaired) electrons. The van der Waals surface area contributed by atoms with Crippen LogP contribution < -0.4 is 5.32 Å². The molecule has 0 spiro atoms. The van der Waals surface area contributed by atoms with E-state index < -0.39 is 0 Å². The largest absolute Gasteiger partial charge is 0.465 e. The molecular formula is C13H25NO3. The second-order valence-electron chi connectivity index (χ2n) is 4.57. The lowest BCUT2D eigenvalue weighted by Crippen LogP contribution is -2.47. The van der Waals surface area contributed by atoms with Gasteiger partial charge in [0, 0.05) is 13.2 Å². The summed E-state index contributed by atoms with van der Waals surface area (Å²) >= 11 is 0. The number of carbonyl (C=O) groups is 1. The van der Waals surface area contributed by atoms with E-state index in [0.29, 0.717) is 12.6 Å². The van der Waals surface area contributed by atoms with E-state index in [1.165, 1.54) is 0 Å². The summed E-state index contributed by atoms with van der Waals surface area (Å²) in [6.45, 7) is 4.36. The molecule has 0 aromatic carbocycles. The van der Waals surface area contributed by atoms with E-state index in [2.05, 4.69) is 12.2 Å². The second-order valence-corrected chi connectivity index (χ2v) is 4.57. The highest BCUT2D eigenvalue weighted by molar-refractivity contribution is 5.75. The monoisotopic (exact) mass is 243 g/mol. The molecular weight excluding hydrogens is 218 g/mol. The number of methoxy groups -OCH3 is 1. The lowest BCUT2D eigenvalue weighted by atomic mass is 10.1. The Bertz CT molecular complexity index is 233. The van der Waals surface area contributed by atoms with Gasteiger partial charge in [-0.1, -0.05) is 13.3 Å². The van der Waals surface area contributed by atoms with Crippen LogP contribution in [0.2, 0.25) is 0 Å². The van der Waals surface area contributed by atoms with Crippen LogP contribution in [0.15, 0.2) is 0 Å². The normalized spacial score (nSPS) is 25.8. The quantitative estimate of drug-likeness (QED) is 0.694. The van der Waals surface area contributed by atoms with Crippen LogP contribution in [0.5, 0.6) is 0 Å². The Morgan fingerprint density at radius 2 is 2.18 bits per heavy atom. The third-order valence-corrected chi connectivity index (χ3v) is 3.32. The third-order valence-electron chi connectivity index (χ3n) is 3.32. The standard InChI is InChI=1S/C13H25NO3/c1-4-7-11(13(15)17-5-2)14-10-8-6-9-12(10)16-3/h10-12,14H,4-9H2,1-3H3. The van der Waals surface area contributed by atoms with Crippen molar-refractivity contribution in [2.24, 2.45) is 0 Å². The van der Waals surface area contributed by atoms with Gasteiger partial charge in [0.25, 0.3) is 0 Å². The first kappa shape index (κ1) is 14.5. The number of ether oxygens (including phenoxy) is 2. The van der Waals surface area contributed by atoms with Crippen molar-refractivity contribution in [1.29, 1.82) is 0 Å². The minimum Gasteiger partial charge on any atom is -0.465 e. The van der Waals surface area contributed by atoms with Crippen LogP contribution in [0.1, 0.15) is 46.0 Å². The van der Waals surface area contributed by atoms with Crippen molar-refractivity contribution in [3.8, 4) is 0 Å². The molecule has 1 aliphatic carbocycles. The van der Waals surface area contributed by atoms with Crippen LogP contribution in [0.4, 0.5) is 0 Å². The molecule has 17 heavy (non-hydrogen) atoms. The zero-order valence-corrected chi connectivity index (χ0v) is 11.2. The Morgan fingerprint density at radius 1 is 1.41 bits per heavy atom. The summed E-state index contributed by atoms with van der Waals surface area (Å²) in [6.07, 6.45) is 5.36. The molecule has 4 heteroatoms. The summed E-state index contributed by atoms with van der Waals surface area (Å²) < 4.78 is 10.5. The number of nitrogens with one attached hydrogen (secondary N) is 1. The van der Waals surface area contributed by atoms with Crippen LogP contribution >= 0.6 is 0 Å². The zero-order valence-electron chi connectivity index (χ0n) is 11.2. The summed E-state index contributed by atoms with van der Waals surface area (Å²) in [6, 6.07) is 0.113. The molecule has 0 amide bonds. The van der Waals surface area contributed by atoms with Gasteiger partial charge < -0.3 is 9.47 Å². The molecule has 4 nitrogen and oxygen atoms in total. The molecule has 100 valence electrons. The Labute approximate surface area is 104 Å². The molecule has 1 rings (SSSR count).